The summed E-state index contributed by atoms with van der Waals surface area (Å²) in [5, 5.41) is 12.6. The molecule has 0 atom stereocenters. The van der Waals surface area contributed by atoms with Gasteiger partial charge < -0.3 is 9.63 Å². The summed E-state index contributed by atoms with van der Waals surface area (Å²) in [6.07, 6.45) is 3.43. The monoisotopic (exact) mass is 195 g/mol. The van der Waals surface area contributed by atoms with Gasteiger partial charge in [-0.25, -0.2) is 0 Å². The van der Waals surface area contributed by atoms with Crippen LogP contribution in [0.25, 0.3) is 0 Å². The van der Waals surface area contributed by atoms with Gasteiger partial charge in [0.25, 0.3) is 0 Å². The lowest BCUT2D eigenvalue weighted by Crippen LogP contribution is -2.12. The minimum absolute atomic E-state index is 0.0289. The van der Waals surface area contributed by atoms with E-state index in [0.717, 1.165) is 24.2 Å². The molecule has 1 N–H and O–H groups in total. The number of aromatic nitrogens is 1. The van der Waals surface area contributed by atoms with E-state index in [1.54, 1.807) is 6.92 Å². The summed E-state index contributed by atoms with van der Waals surface area (Å²) in [7, 11) is 0. The van der Waals surface area contributed by atoms with Crippen molar-refractivity contribution in [2.45, 2.75) is 38.5 Å². The van der Waals surface area contributed by atoms with E-state index in [9.17, 15) is 4.79 Å². The quantitative estimate of drug-likeness (QED) is 0.799. The molecule has 0 amide bonds. The molecule has 76 valence electrons. The number of hydrogen-bond acceptors (Lipinski definition) is 3. The number of carboxylic acids is 1. The van der Waals surface area contributed by atoms with Crippen molar-refractivity contribution in [3.63, 3.8) is 0 Å². The van der Waals surface area contributed by atoms with Crippen LogP contribution in [0.15, 0.2) is 4.52 Å². The van der Waals surface area contributed by atoms with Crippen molar-refractivity contribution in [3.05, 3.63) is 17.0 Å². The molecule has 1 heterocycles. The van der Waals surface area contributed by atoms with Crippen LogP contribution in [0.4, 0.5) is 0 Å². The van der Waals surface area contributed by atoms with Crippen LogP contribution >= 0.6 is 0 Å². The summed E-state index contributed by atoms with van der Waals surface area (Å²) in [6, 6.07) is 0. The summed E-state index contributed by atoms with van der Waals surface area (Å²) >= 11 is 0. The molecular weight excluding hydrogens is 182 g/mol. The van der Waals surface area contributed by atoms with Gasteiger partial charge in [0, 0.05) is 11.5 Å². The Bertz CT molecular complexity index is 352. The third-order valence-corrected chi connectivity index (χ3v) is 2.82. The second kappa shape index (κ2) is 3.44. The molecule has 0 aromatic carbocycles. The highest BCUT2D eigenvalue weighted by Gasteiger charge is 2.28. The first-order valence-corrected chi connectivity index (χ1v) is 4.85. The number of aryl methyl sites for hydroxylation is 1. The number of rotatable bonds is 3. The van der Waals surface area contributed by atoms with Crippen LogP contribution in [0.1, 0.15) is 42.2 Å². The van der Waals surface area contributed by atoms with Crippen LogP contribution in [-0.2, 0) is 11.2 Å². The third-order valence-electron chi connectivity index (χ3n) is 2.82. The van der Waals surface area contributed by atoms with Gasteiger partial charge in [-0.1, -0.05) is 11.6 Å². The van der Waals surface area contributed by atoms with Crippen LogP contribution in [0.3, 0.4) is 0 Å². The van der Waals surface area contributed by atoms with Crippen LogP contribution in [-0.4, -0.2) is 16.2 Å². The summed E-state index contributed by atoms with van der Waals surface area (Å²) < 4.78 is 5.19. The first-order chi connectivity index (χ1) is 6.68. The lowest BCUT2D eigenvalue weighted by Gasteiger charge is -2.23. The van der Waals surface area contributed by atoms with Crippen molar-refractivity contribution in [1.82, 2.24) is 5.16 Å². The van der Waals surface area contributed by atoms with Crippen molar-refractivity contribution >= 4 is 5.97 Å². The molecule has 1 aliphatic rings. The maximum absolute atomic E-state index is 10.6. The number of hydrogen-bond donors (Lipinski definition) is 1. The second-order valence-electron chi connectivity index (χ2n) is 3.81. The summed E-state index contributed by atoms with van der Waals surface area (Å²) in [5.74, 6) is 0.388. The number of carboxylic acid groups (broad SMARTS) is 1. The highest BCUT2D eigenvalue weighted by atomic mass is 16.5. The van der Waals surface area contributed by atoms with E-state index in [2.05, 4.69) is 5.16 Å². The fourth-order valence-corrected chi connectivity index (χ4v) is 1.76. The van der Waals surface area contributed by atoms with Crippen molar-refractivity contribution in [3.8, 4) is 0 Å². The molecule has 14 heavy (non-hydrogen) atoms. The van der Waals surface area contributed by atoms with Crippen LogP contribution in [0.2, 0.25) is 0 Å². The average Bonchev–Trinajstić information content (AvgIpc) is 2.32. The Balaban J connectivity index is 2.25. The summed E-state index contributed by atoms with van der Waals surface area (Å²) in [6.45, 7) is 1.80. The molecule has 0 radical (unpaired) electrons. The van der Waals surface area contributed by atoms with Gasteiger partial charge in [0.2, 0.25) is 0 Å². The summed E-state index contributed by atoms with van der Waals surface area (Å²) in [5.41, 5.74) is 1.50. The zero-order chi connectivity index (χ0) is 10.1. The Morgan fingerprint density at radius 1 is 1.64 bits per heavy atom. The number of aliphatic carboxylic acids is 1. The molecule has 1 aromatic heterocycles. The van der Waals surface area contributed by atoms with Crippen LogP contribution < -0.4 is 0 Å². The maximum atomic E-state index is 10.6. The van der Waals surface area contributed by atoms with Gasteiger partial charge in [0.15, 0.2) is 0 Å². The fourth-order valence-electron chi connectivity index (χ4n) is 1.76. The lowest BCUT2D eigenvalue weighted by molar-refractivity contribution is -0.136. The van der Waals surface area contributed by atoms with E-state index >= 15 is 0 Å². The smallest absolute Gasteiger partial charge is 0.308 e. The molecule has 4 nitrogen and oxygen atoms in total. The molecule has 1 aromatic rings. The average molecular weight is 195 g/mol. The molecule has 0 aliphatic heterocycles. The maximum Gasteiger partial charge on any atom is 0.308 e. The largest absolute Gasteiger partial charge is 0.481 e. The molecule has 1 aliphatic carbocycles. The Morgan fingerprint density at radius 2 is 2.36 bits per heavy atom. The fraction of sp³-hybridized carbons (Fsp3) is 0.600. The normalized spacial score (nSPS) is 16.6. The van der Waals surface area contributed by atoms with Gasteiger partial charge in [0.05, 0.1) is 12.1 Å². The van der Waals surface area contributed by atoms with Gasteiger partial charge >= 0.3 is 5.97 Å². The predicted octanol–water partition coefficient (Wildman–Crippen LogP) is 1.88. The SMILES string of the molecule is Cc1noc(C2CCC2)c1CC(=O)O. The van der Waals surface area contributed by atoms with E-state index in [1.807, 2.05) is 0 Å². The zero-order valence-corrected chi connectivity index (χ0v) is 8.12. The highest BCUT2D eigenvalue weighted by Crippen LogP contribution is 2.38. The molecule has 1 saturated carbocycles. The van der Waals surface area contributed by atoms with Crippen molar-refractivity contribution < 1.29 is 14.4 Å². The molecule has 0 bridgehead atoms. The van der Waals surface area contributed by atoms with E-state index < -0.39 is 5.97 Å². The Kier molecular flexibility index (Phi) is 2.27. The first kappa shape index (κ1) is 9.24. The van der Waals surface area contributed by atoms with E-state index in [1.165, 1.54) is 6.42 Å². The predicted molar refractivity (Wildman–Crippen MR) is 49.2 cm³/mol. The van der Waals surface area contributed by atoms with Crippen LogP contribution in [0.5, 0.6) is 0 Å². The third kappa shape index (κ3) is 1.52. The standard InChI is InChI=1S/C10H13NO3/c1-6-8(5-9(12)13)10(14-11-6)7-3-2-4-7/h7H,2-5H2,1H3,(H,12,13). The molecular formula is C10H13NO3. The number of nitrogens with zero attached hydrogens (tertiary/aromatic N) is 1. The van der Waals surface area contributed by atoms with Crippen molar-refractivity contribution in [1.29, 1.82) is 0 Å². The Labute approximate surface area is 81.9 Å². The molecule has 1 fully saturated rings. The highest BCUT2D eigenvalue weighted by molar-refractivity contribution is 5.70. The molecule has 4 heteroatoms. The molecule has 0 unspecified atom stereocenters. The second-order valence-corrected chi connectivity index (χ2v) is 3.81. The zero-order valence-electron chi connectivity index (χ0n) is 8.12. The van der Waals surface area contributed by atoms with Gasteiger partial charge in [-0.15, -0.1) is 0 Å². The van der Waals surface area contributed by atoms with Crippen molar-refractivity contribution in [2.24, 2.45) is 0 Å². The lowest BCUT2D eigenvalue weighted by atomic mass is 9.81. The molecule has 2 rings (SSSR count). The van der Waals surface area contributed by atoms with Gasteiger partial charge in [-0.05, 0) is 19.8 Å². The van der Waals surface area contributed by atoms with Crippen LogP contribution in [0, 0.1) is 6.92 Å². The van der Waals surface area contributed by atoms with Gasteiger partial charge in [-0.2, -0.15) is 0 Å². The molecule has 0 spiro atoms. The summed E-state index contributed by atoms with van der Waals surface area (Å²) in [4.78, 5) is 10.6. The van der Waals surface area contributed by atoms with Gasteiger partial charge in [0.1, 0.15) is 5.76 Å². The van der Waals surface area contributed by atoms with Crippen molar-refractivity contribution in [2.75, 3.05) is 0 Å². The molecule has 0 saturated heterocycles. The van der Waals surface area contributed by atoms with E-state index in [-0.39, 0.29) is 6.42 Å². The van der Waals surface area contributed by atoms with Gasteiger partial charge in [-0.3, -0.25) is 4.79 Å². The topological polar surface area (TPSA) is 63.3 Å². The Morgan fingerprint density at radius 3 is 2.86 bits per heavy atom. The van der Waals surface area contributed by atoms with E-state index in [0.29, 0.717) is 11.6 Å². The van der Waals surface area contributed by atoms with E-state index in [4.69, 9.17) is 9.63 Å². The first-order valence-electron chi connectivity index (χ1n) is 4.85. The number of carbonyl (C=O) groups is 1. The minimum atomic E-state index is -0.822. The Hall–Kier alpha value is -1.32. The minimum Gasteiger partial charge on any atom is -0.481 e.